The summed E-state index contributed by atoms with van der Waals surface area (Å²) in [4.78, 5) is 9.90. The van der Waals surface area contributed by atoms with Crippen LogP contribution in [-0.4, -0.2) is 38.5 Å². The molecule has 1 rings (SSSR count). The molecule has 0 radical (unpaired) electrons. The van der Waals surface area contributed by atoms with E-state index in [1.165, 1.54) is 10.9 Å². The number of aliphatic hydroxyl groups excluding tert-OH is 1. The highest BCUT2D eigenvalue weighted by molar-refractivity contribution is 5.20. The van der Waals surface area contributed by atoms with Crippen LogP contribution in [0.3, 0.4) is 0 Å². The maximum atomic E-state index is 10.4. The van der Waals surface area contributed by atoms with Gasteiger partial charge in [-0.3, -0.25) is 14.8 Å². The lowest BCUT2D eigenvalue weighted by molar-refractivity contribution is -0.385. The molecule has 17 heavy (non-hydrogen) atoms. The highest BCUT2D eigenvalue weighted by atomic mass is 16.6. The Morgan fingerprint density at radius 3 is 3.06 bits per heavy atom. The fourth-order valence-corrected chi connectivity index (χ4v) is 1.23. The summed E-state index contributed by atoms with van der Waals surface area (Å²) in [6.45, 7) is 6.11. The first-order valence-corrected chi connectivity index (χ1v) is 5.23. The molecule has 0 aliphatic heterocycles. The maximum absolute atomic E-state index is 10.4. The predicted molar refractivity (Wildman–Crippen MR) is 62.5 cm³/mol. The van der Waals surface area contributed by atoms with Gasteiger partial charge in [0.25, 0.3) is 0 Å². The zero-order valence-electron chi connectivity index (χ0n) is 9.61. The fourth-order valence-electron chi connectivity index (χ4n) is 1.23. The third-order valence-electron chi connectivity index (χ3n) is 2.26. The standard InChI is InChI=1S/C10H16N4O3/c1-3-8(2)11-5-10(15)7-13-6-9(4-12-13)14(16)17/h3-4,6,8,10-11,15H,1,5,7H2,2H3. The molecule has 2 atom stereocenters. The molecule has 94 valence electrons. The molecule has 0 amide bonds. The van der Waals surface area contributed by atoms with Crippen molar-refractivity contribution >= 4 is 5.69 Å². The molecular formula is C10H16N4O3. The third-order valence-corrected chi connectivity index (χ3v) is 2.26. The molecule has 1 aromatic rings. The number of nitrogens with zero attached hydrogens (tertiary/aromatic N) is 3. The first kappa shape index (κ1) is 13.3. The number of hydrogen-bond donors (Lipinski definition) is 2. The van der Waals surface area contributed by atoms with E-state index in [-0.39, 0.29) is 18.3 Å². The molecule has 0 fully saturated rings. The van der Waals surface area contributed by atoms with Gasteiger partial charge < -0.3 is 10.4 Å². The minimum absolute atomic E-state index is 0.0791. The zero-order valence-corrected chi connectivity index (χ0v) is 9.61. The number of rotatable bonds is 7. The van der Waals surface area contributed by atoms with Crippen molar-refractivity contribution in [3.63, 3.8) is 0 Å². The monoisotopic (exact) mass is 240 g/mol. The molecule has 0 aliphatic carbocycles. The molecule has 0 bridgehead atoms. The lowest BCUT2D eigenvalue weighted by Crippen LogP contribution is -2.34. The summed E-state index contributed by atoms with van der Waals surface area (Å²) in [5, 5.41) is 26.9. The summed E-state index contributed by atoms with van der Waals surface area (Å²) in [6, 6.07) is 0.108. The molecule has 0 aliphatic rings. The van der Waals surface area contributed by atoms with Crippen molar-refractivity contribution < 1.29 is 10.0 Å². The van der Waals surface area contributed by atoms with Crippen LogP contribution in [0.1, 0.15) is 6.92 Å². The van der Waals surface area contributed by atoms with E-state index in [0.717, 1.165) is 6.20 Å². The molecule has 2 unspecified atom stereocenters. The van der Waals surface area contributed by atoms with Gasteiger partial charge in [0.2, 0.25) is 0 Å². The average molecular weight is 240 g/mol. The van der Waals surface area contributed by atoms with E-state index >= 15 is 0 Å². The Labute approximate surface area is 98.9 Å². The third kappa shape index (κ3) is 4.33. The maximum Gasteiger partial charge on any atom is 0.306 e. The van der Waals surface area contributed by atoms with Crippen LogP contribution in [0.15, 0.2) is 25.0 Å². The van der Waals surface area contributed by atoms with E-state index in [0.29, 0.717) is 6.54 Å². The number of aliphatic hydroxyl groups is 1. The zero-order chi connectivity index (χ0) is 12.8. The quantitative estimate of drug-likeness (QED) is 0.406. The summed E-state index contributed by atoms with van der Waals surface area (Å²) in [5.74, 6) is 0. The number of nitro groups is 1. The molecule has 0 saturated carbocycles. The van der Waals surface area contributed by atoms with Gasteiger partial charge in [0.1, 0.15) is 12.4 Å². The summed E-state index contributed by atoms with van der Waals surface area (Å²) in [6.07, 6.45) is 3.52. The van der Waals surface area contributed by atoms with Gasteiger partial charge in [-0.25, -0.2) is 0 Å². The summed E-state index contributed by atoms with van der Waals surface area (Å²) in [5.41, 5.74) is -0.0791. The van der Waals surface area contributed by atoms with Crippen molar-refractivity contribution in [2.45, 2.75) is 25.6 Å². The van der Waals surface area contributed by atoms with Gasteiger partial charge in [-0.15, -0.1) is 6.58 Å². The molecule has 0 spiro atoms. The largest absolute Gasteiger partial charge is 0.390 e. The van der Waals surface area contributed by atoms with E-state index in [4.69, 9.17) is 0 Å². The Bertz CT molecular complexity index is 391. The second-order valence-electron chi connectivity index (χ2n) is 3.76. The van der Waals surface area contributed by atoms with E-state index in [1.807, 2.05) is 6.92 Å². The Morgan fingerprint density at radius 2 is 2.53 bits per heavy atom. The van der Waals surface area contributed by atoms with Crippen LogP contribution in [-0.2, 0) is 6.54 Å². The number of aromatic nitrogens is 2. The molecule has 0 aromatic carbocycles. The highest BCUT2D eigenvalue weighted by Gasteiger charge is 2.12. The van der Waals surface area contributed by atoms with Crippen molar-refractivity contribution in [1.29, 1.82) is 0 Å². The van der Waals surface area contributed by atoms with Gasteiger partial charge in [0.05, 0.1) is 17.6 Å². The Morgan fingerprint density at radius 1 is 1.82 bits per heavy atom. The normalized spacial score (nSPS) is 14.2. The summed E-state index contributed by atoms with van der Waals surface area (Å²) < 4.78 is 1.35. The first-order valence-electron chi connectivity index (χ1n) is 5.23. The van der Waals surface area contributed by atoms with E-state index in [2.05, 4.69) is 17.0 Å². The Kier molecular flexibility index (Phi) is 4.80. The molecule has 0 saturated heterocycles. The van der Waals surface area contributed by atoms with Crippen LogP contribution in [0.2, 0.25) is 0 Å². The lowest BCUT2D eigenvalue weighted by atomic mass is 10.3. The minimum Gasteiger partial charge on any atom is -0.390 e. The van der Waals surface area contributed by atoms with E-state index < -0.39 is 11.0 Å². The van der Waals surface area contributed by atoms with Crippen LogP contribution in [0.5, 0.6) is 0 Å². The van der Waals surface area contributed by atoms with Crippen molar-refractivity contribution in [1.82, 2.24) is 15.1 Å². The van der Waals surface area contributed by atoms with Crippen molar-refractivity contribution in [3.05, 3.63) is 35.2 Å². The van der Waals surface area contributed by atoms with Crippen LogP contribution in [0.25, 0.3) is 0 Å². The lowest BCUT2D eigenvalue weighted by Gasteiger charge is -2.14. The van der Waals surface area contributed by atoms with Gasteiger partial charge in [0, 0.05) is 12.6 Å². The Hall–Kier alpha value is -1.73. The molecule has 1 aromatic heterocycles. The van der Waals surface area contributed by atoms with E-state index in [1.54, 1.807) is 6.08 Å². The van der Waals surface area contributed by atoms with Gasteiger partial charge in [0.15, 0.2) is 0 Å². The van der Waals surface area contributed by atoms with Gasteiger partial charge in [-0.1, -0.05) is 6.08 Å². The second-order valence-corrected chi connectivity index (χ2v) is 3.76. The van der Waals surface area contributed by atoms with Crippen molar-refractivity contribution in [3.8, 4) is 0 Å². The van der Waals surface area contributed by atoms with Crippen molar-refractivity contribution in [2.24, 2.45) is 0 Å². The van der Waals surface area contributed by atoms with Crippen LogP contribution in [0.4, 0.5) is 5.69 Å². The molecular weight excluding hydrogens is 224 g/mol. The van der Waals surface area contributed by atoms with Crippen molar-refractivity contribution in [2.75, 3.05) is 6.54 Å². The number of nitrogens with one attached hydrogen (secondary N) is 1. The minimum atomic E-state index is -0.656. The second kappa shape index (κ2) is 6.12. The topological polar surface area (TPSA) is 93.2 Å². The van der Waals surface area contributed by atoms with Crippen LogP contribution < -0.4 is 5.32 Å². The SMILES string of the molecule is C=CC(C)NCC(O)Cn1cc([N+](=O)[O-])cn1. The molecule has 1 heterocycles. The van der Waals surface area contributed by atoms with Crippen LogP contribution in [0, 0.1) is 10.1 Å². The van der Waals surface area contributed by atoms with Gasteiger partial charge in [-0.2, -0.15) is 5.10 Å². The summed E-state index contributed by atoms with van der Waals surface area (Å²) in [7, 11) is 0. The molecule has 7 heteroatoms. The molecule has 2 N–H and O–H groups in total. The first-order chi connectivity index (χ1) is 8.02. The number of hydrogen-bond acceptors (Lipinski definition) is 5. The average Bonchev–Trinajstić information content (AvgIpc) is 2.74. The Balaban J connectivity index is 2.41. The van der Waals surface area contributed by atoms with E-state index in [9.17, 15) is 15.2 Å². The molecule has 7 nitrogen and oxygen atoms in total. The van der Waals surface area contributed by atoms with Crippen LogP contribution >= 0.6 is 0 Å². The highest BCUT2D eigenvalue weighted by Crippen LogP contribution is 2.07. The summed E-state index contributed by atoms with van der Waals surface area (Å²) >= 11 is 0. The fraction of sp³-hybridized carbons (Fsp3) is 0.500. The predicted octanol–water partition coefficient (Wildman–Crippen LogP) is 0.316. The van der Waals surface area contributed by atoms with Gasteiger partial charge in [-0.05, 0) is 6.92 Å². The smallest absolute Gasteiger partial charge is 0.306 e. The van der Waals surface area contributed by atoms with Gasteiger partial charge >= 0.3 is 5.69 Å².